The SMILES string of the molecule is COc1ccc2c(c1)C(NS(=O)C(C)(C)C)C1(CCN(C(=O)OC(C)(C)C)CC1)C2. The van der Waals surface area contributed by atoms with Crippen LogP contribution in [0, 0.1) is 5.41 Å². The third-order valence-corrected chi connectivity index (χ3v) is 7.57. The third-order valence-electron chi connectivity index (χ3n) is 6.01. The number of piperidine rings is 1. The van der Waals surface area contributed by atoms with Gasteiger partial charge in [-0.2, -0.15) is 0 Å². The first-order valence-corrected chi connectivity index (χ1v) is 11.8. The highest BCUT2D eigenvalue weighted by Gasteiger charge is 2.49. The highest BCUT2D eigenvalue weighted by atomic mass is 32.2. The second-order valence-electron chi connectivity index (χ2n) is 10.5. The first-order valence-electron chi connectivity index (χ1n) is 10.7. The lowest BCUT2D eigenvalue weighted by Gasteiger charge is -2.44. The van der Waals surface area contributed by atoms with Gasteiger partial charge >= 0.3 is 6.09 Å². The molecule has 1 aliphatic carbocycles. The van der Waals surface area contributed by atoms with E-state index in [2.05, 4.69) is 16.9 Å². The van der Waals surface area contributed by atoms with Crippen molar-refractivity contribution in [2.75, 3.05) is 20.2 Å². The van der Waals surface area contributed by atoms with Gasteiger partial charge in [0.05, 0.1) is 28.9 Å². The summed E-state index contributed by atoms with van der Waals surface area (Å²) in [6, 6.07) is 6.15. The van der Waals surface area contributed by atoms with E-state index in [4.69, 9.17) is 9.47 Å². The van der Waals surface area contributed by atoms with Crippen LogP contribution in [0.15, 0.2) is 18.2 Å². The summed E-state index contributed by atoms with van der Waals surface area (Å²) >= 11 is 0. The van der Waals surface area contributed by atoms with Crippen LogP contribution in [0.25, 0.3) is 0 Å². The van der Waals surface area contributed by atoms with Crippen molar-refractivity contribution in [1.82, 2.24) is 9.62 Å². The molecule has 0 radical (unpaired) electrons. The average Bonchev–Trinajstić information content (AvgIpc) is 2.92. The van der Waals surface area contributed by atoms with Crippen molar-refractivity contribution in [3.8, 4) is 5.75 Å². The number of fused-ring (bicyclic) bond motifs is 1. The maximum absolute atomic E-state index is 13.0. The molecule has 2 unspecified atom stereocenters. The van der Waals surface area contributed by atoms with Crippen molar-refractivity contribution < 1.29 is 18.5 Å². The maximum Gasteiger partial charge on any atom is 0.410 e. The molecule has 1 aromatic carbocycles. The van der Waals surface area contributed by atoms with Crippen molar-refractivity contribution in [2.45, 2.75) is 77.2 Å². The smallest absolute Gasteiger partial charge is 0.410 e. The van der Waals surface area contributed by atoms with Gasteiger partial charge in [0.2, 0.25) is 0 Å². The van der Waals surface area contributed by atoms with Gasteiger partial charge in [-0.15, -0.1) is 0 Å². The lowest BCUT2D eigenvalue weighted by molar-refractivity contribution is 0.00724. The molecule has 7 heteroatoms. The second kappa shape index (κ2) is 8.15. The van der Waals surface area contributed by atoms with E-state index in [1.807, 2.05) is 47.6 Å². The van der Waals surface area contributed by atoms with Crippen molar-refractivity contribution in [2.24, 2.45) is 5.41 Å². The molecule has 1 spiro atoms. The molecule has 1 N–H and O–H groups in total. The standard InChI is InChI=1S/C23H36N2O4S/c1-21(2,3)29-20(26)25-12-10-23(11-13-25)15-16-8-9-17(28-7)14-18(16)19(23)24-30(27)22(4,5)6/h8-9,14,19,24H,10-13,15H2,1-7H3. The highest BCUT2D eigenvalue weighted by Crippen LogP contribution is 2.53. The number of methoxy groups -OCH3 is 1. The maximum atomic E-state index is 13.0. The number of rotatable bonds is 3. The first-order chi connectivity index (χ1) is 13.8. The van der Waals surface area contributed by atoms with Crippen LogP contribution in [0.1, 0.15) is 71.6 Å². The van der Waals surface area contributed by atoms with E-state index in [-0.39, 0.29) is 22.3 Å². The van der Waals surface area contributed by atoms with E-state index in [1.54, 1.807) is 12.0 Å². The molecule has 0 saturated carbocycles. The Morgan fingerprint density at radius 3 is 2.33 bits per heavy atom. The molecule has 2 atom stereocenters. The van der Waals surface area contributed by atoms with E-state index in [0.717, 1.165) is 30.6 Å². The molecule has 0 bridgehead atoms. The minimum Gasteiger partial charge on any atom is -0.497 e. The summed E-state index contributed by atoms with van der Waals surface area (Å²) in [5.41, 5.74) is 1.86. The molecule has 1 fully saturated rings. The fraction of sp³-hybridized carbons (Fsp3) is 0.696. The van der Waals surface area contributed by atoms with Crippen LogP contribution in [0.2, 0.25) is 0 Å². The number of amides is 1. The van der Waals surface area contributed by atoms with Gasteiger partial charge < -0.3 is 14.4 Å². The summed E-state index contributed by atoms with van der Waals surface area (Å²) in [5, 5.41) is 0. The number of benzene rings is 1. The monoisotopic (exact) mass is 436 g/mol. The Hall–Kier alpha value is -1.60. The van der Waals surface area contributed by atoms with E-state index in [0.29, 0.717) is 13.1 Å². The molecule has 1 aromatic rings. The number of ether oxygens (including phenoxy) is 2. The lowest BCUT2D eigenvalue weighted by Crippen LogP contribution is -2.49. The van der Waals surface area contributed by atoms with Crippen molar-refractivity contribution in [3.63, 3.8) is 0 Å². The number of nitrogens with zero attached hydrogens (tertiary/aromatic N) is 1. The van der Waals surface area contributed by atoms with Crippen molar-refractivity contribution in [3.05, 3.63) is 29.3 Å². The van der Waals surface area contributed by atoms with Crippen molar-refractivity contribution >= 4 is 17.1 Å². The predicted octanol–water partition coefficient (Wildman–Crippen LogP) is 4.36. The molecule has 1 saturated heterocycles. The number of nitrogens with one attached hydrogen (secondary N) is 1. The zero-order chi connectivity index (χ0) is 22.3. The molecule has 0 aromatic heterocycles. The summed E-state index contributed by atoms with van der Waals surface area (Å²) in [5.74, 6) is 0.810. The first kappa shape index (κ1) is 23.1. The minimum atomic E-state index is -1.20. The number of carbonyl (C=O) groups excluding carboxylic acids is 1. The molecule has 3 rings (SSSR count). The van der Waals surface area contributed by atoms with Crippen LogP contribution in [0.5, 0.6) is 5.75 Å². The van der Waals surface area contributed by atoms with Gasteiger partial charge in [-0.1, -0.05) is 6.07 Å². The zero-order valence-electron chi connectivity index (χ0n) is 19.3. The number of carbonyl (C=O) groups is 1. The van der Waals surface area contributed by atoms with Crippen LogP contribution in [0.3, 0.4) is 0 Å². The molecule has 168 valence electrons. The number of hydrogen-bond acceptors (Lipinski definition) is 4. The molecule has 1 amide bonds. The van der Waals surface area contributed by atoms with Gasteiger partial charge in [-0.3, -0.25) is 0 Å². The Balaban J connectivity index is 1.84. The topological polar surface area (TPSA) is 67.9 Å². The zero-order valence-corrected chi connectivity index (χ0v) is 20.1. The predicted molar refractivity (Wildman–Crippen MR) is 120 cm³/mol. The van der Waals surface area contributed by atoms with E-state index >= 15 is 0 Å². The van der Waals surface area contributed by atoms with Crippen LogP contribution in [-0.4, -0.2) is 45.7 Å². The Morgan fingerprint density at radius 1 is 1.17 bits per heavy atom. The molecule has 30 heavy (non-hydrogen) atoms. The van der Waals surface area contributed by atoms with E-state index in [9.17, 15) is 9.00 Å². The van der Waals surface area contributed by atoms with Crippen LogP contribution in [-0.2, 0) is 22.1 Å². The van der Waals surface area contributed by atoms with Gasteiger partial charge in [-0.05, 0) is 89.5 Å². The van der Waals surface area contributed by atoms with Gasteiger partial charge in [0.1, 0.15) is 11.4 Å². The van der Waals surface area contributed by atoms with E-state index in [1.165, 1.54) is 5.56 Å². The molecule has 1 heterocycles. The lowest BCUT2D eigenvalue weighted by atomic mass is 9.73. The van der Waals surface area contributed by atoms with Gasteiger partial charge in [-0.25, -0.2) is 13.7 Å². The number of hydrogen-bond donors (Lipinski definition) is 1. The summed E-state index contributed by atoms with van der Waals surface area (Å²) in [6.07, 6.45) is 2.33. The summed E-state index contributed by atoms with van der Waals surface area (Å²) in [4.78, 5) is 14.3. The van der Waals surface area contributed by atoms with Crippen LogP contribution < -0.4 is 9.46 Å². The highest BCUT2D eigenvalue weighted by molar-refractivity contribution is 7.84. The Bertz CT molecular complexity index is 817. The van der Waals surface area contributed by atoms with E-state index < -0.39 is 16.6 Å². The molecule has 1 aliphatic heterocycles. The fourth-order valence-corrected chi connectivity index (χ4v) is 5.28. The Morgan fingerprint density at radius 2 is 1.80 bits per heavy atom. The van der Waals surface area contributed by atoms with Gasteiger partial charge in [0.25, 0.3) is 0 Å². The molecule has 2 aliphatic rings. The quantitative estimate of drug-likeness (QED) is 0.764. The molecule has 6 nitrogen and oxygen atoms in total. The average molecular weight is 437 g/mol. The summed E-state index contributed by atoms with van der Waals surface area (Å²) in [6.45, 7) is 12.9. The van der Waals surface area contributed by atoms with Gasteiger partial charge in [0, 0.05) is 13.1 Å². The normalized spacial score (nSPS) is 22.0. The van der Waals surface area contributed by atoms with Crippen molar-refractivity contribution in [1.29, 1.82) is 0 Å². The van der Waals surface area contributed by atoms with Crippen LogP contribution in [0.4, 0.5) is 4.79 Å². The minimum absolute atomic E-state index is 0.0385. The largest absolute Gasteiger partial charge is 0.497 e. The van der Waals surface area contributed by atoms with Crippen LogP contribution >= 0.6 is 0 Å². The summed E-state index contributed by atoms with van der Waals surface area (Å²) < 4.78 is 27.1. The third kappa shape index (κ3) is 4.83. The molecular formula is C23H36N2O4S. The summed E-state index contributed by atoms with van der Waals surface area (Å²) in [7, 11) is 0.470. The number of likely N-dealkylation sites (tertiary alicyclic amines) is 1. The molecular weight excluding hydrogens is 400 g/mol. The fourth-order valence-electron chi connectivity index (χ4n) is 4.34. The second-order valence-corrected chi connectivity index (χ2v) is 12.5. The Kier molecular flexibility index (Phi) is 6.27. The Labute approximate surface area is 183 Å². The van der Waals surface area contributed by atoms with Gasteiger partial charge in [0.15, 0.2) is 0 Å².